The Bertz CT molecular complexity index is 1070. The summed E-state index contributed by atoms with van der Waals surface area (Å²) in [5.74, 6) is 0.144. The van der Waals surface area contributed by atoms with Crippen molar-refractivity contribution in [3.8, 4) is 5.75 Å². The lowest BCUT2D eigenvalue weighted by molar-refractivity contribution is -0.122. The lowest BCUT2D eigenvalue weighted by Crippen LogP contribution is -2.49. The van der Waals surface area contributed by atoms with Crippen molar-refractivity contribution >= 4 is 29.1 Å². The van der Waals surface area contributed by atoms with Crippen LogP contribution in [0.5, 0.6) is 5.75 Å². The van der Waals surface area contributed by atoms with E-state index in [1.807, 2.05) is 67.6 Å². The fourth-order valence-corrected chi connectivity index (χ4v) is 3.55. The van der Waals surface area contributed by atoms with E-state index in [-0.39, 0.29) is 11.8 Å². The van der Waals surface area contributed by atoms with Gasteiger partial charge in [-0.2, -0.15) is 0 Å². The second-order valence-electron chi connectivity index (χ2n) is 7.60. The second kappa shape index (κ2) is 11.9. The van der Waals surface area contributed by atoms with E-state index in [9.17, 15) is 9.59 Å². The van der Waals surface area contributed by atoms with Crippen molar-refractivity contribution in [3.05, 3.63) is 94.5 Å². The monoisotopic (exact) mass is 465 g/mol. The molecule has 1 atom stereocenters. The molecule has 7 heteroatoms. The van der Waals surface area contributed by atoms with E-state index in [0.29, 0.717) is 30.1 Å². The van der Waals surface area contributed by atoms with Gasteiger partial charge in [-0.05, 0) is 48.4 Å². The van der Waals surface area contributed by atoms with Crippen LogP contribution >= 0.6 is 11.6 Å². The molecule has 0 fully saturated rings. The maximum Gasteiger partial charge on any atom is 0.253 e. The largest absolute Gasteiger partial charge is 0.497 e. The third kappa shape index (κ3) is 6.99. The standard InChI is InChI=1S/C26H28ClN3O3/c1-18-7-6-10-22(24(18)27)25(31)30-23(17-19-8-4-3-5-9-19)26(32)29-16-15-28-20-11-13-21(33-2)14-12-20/h3-14,23,28H,15-17H2,1-2H3,(H,29,32)(H,30,31). The molecular weight excluding hydrogens is 438 g/mol. The normalized spacial score (nSPS) is 11.4. The van der Waals surface area contributed by atoms with Gasteiger partial charge in [0.2, 0.25) is 5.91 Å². The summed E-state index contributed by atoms with van der Waals surface area (Å²) in [4.78, 5) is 25.8. The number of halogens is 1. The number of carbonyl (C=O) groups excluding carboxylic acids is 2. The molecule has 0 spiro atoms. The SMILES string of the molecule is COc1ccc(NCCNC(=O)C(Cc2ccccc2)NC(=O)c2cccc(C)c2Cl)cc1. The molecule has 0 radical (unpaired) electrons. The van der Waals surface area contributed by atoms with Gasteiger partial charge < -0.3 is 20.7 Å². The number of ether oxygens (including phenoxy) is 1. The Balaban J connectivity index is 1.62. The number of nitrogens with one attached hydrogen (secondary N) is 3. The molecule has 0 heterocycles. The highest BCUT2D eigenvalue weighted by atomic mass is 35.5. The molecule has 0 aromatic heterocycles. The summed E-state index contributed by atoms with van der Waals surface area (Å²) in [7, 11) is 1.62. The molecule has 6 nitrogen and oxygen atoms in total. The van der Waals surface area contributed by atoms with Crippen LogP contribution in [-0.2, 0) is 11.2 Å². The zero-order chi connectivity index (χ0) is 23.6. The summed E-state index contributed by atoms with van der Waals surface area (Å²) in [6.45, 7) is 2.77. The van der Waals surface area contributed by atoms with Crippen molar-refractivity contribution in [1.82, 2.24) is 10.6 Å². The first-order chi connectivity index (χ1) is 16.0. The molecule has 0 bridgehead atoms. The first kappa shape index (κ1) is 24.1. The number of amides is 2. The molecule has 3 aromatic carbocycles. The summed E-state index contributed by atoms with van der Waals surface area (Å²) in [5.41, 5.74) is 3.03. The third-order valence-corrected chi connectivity index (χ3v) is 5.69. The minimum absolute atomic E-state index is 0.257. The van der Waals surface area contributed by atoms with E-state index in [2.05, 4.69) is 16.0 Å². The molecule has 3 rings (SSSR count). The molecule has 1 unspecified atom stereocenters. The van der Waals surface area contributed by atoms with Crippen LogP contribution in [0.25, 0.3) is 0 Å². The Labute approximate surface area is 199 Å². The molecule has 2 amide bonds. The number of hydrogen-bond acceptors (Lipinski definition) is 4. The van der Waals surface area contributed by atoms with E-state index in [4.69, 9.17) is 16.3 Å². The van der Waals surface area contributed by atoms with Gasteiger partial charge in [0.1, 0.15) is 11.8 Å². The van der Waals surface area contributed by atoms with Crippen molar-refractivity contribution in [1.29, 1.82) is 0 Å². The predicted octanol–water partition coefficient (Wildman–Crippen LogP) is 4.23. The maximum absolute atomic E-state index is 13.0. The highest BCUT2D eigenvalue weighted by Crippen LogP contribution is 2.20. The van der Waals surface area contributed by atoms with Crippen LogP contribution < -0.4 is 20.7 Å². The van der Waals surface area contributed by atoms with Crippen molar-refractivity contribution in [2.75, 3.05) is 25.5 Å². The summed E-state index contributed by atoms with van der Waals surface area (Å²) in [6, 6.07) is 21.6. The van der Waals surface area contributed by atoms with Gasteiger partial charge in [0.15, 0.2) is 0 Å². The molecular formula is C26H28ClN3O3. The number of rotatable bonds is 10. The highest BCUT2D eigenvalue weighted by molar-refractivity contribution is 6.34. The topological polar surface area (TPSA) is 79.5 Å². The first-order valence-electron chi connectivity index (χ1n) is 10.7. The van der Waals surface area contributed by atoms with Crippen LogP contribution in [0.3, 0.4) is 0 Å². The second-order valence-corrected chi connectivity index (χ2v) is 7.98. The van der Waals surface area contributed by atoms with Gasteiger partial charge in [0.05, 0.1) is 17.7 Å². The number of carbonyl (C=O) groups is 2. The molecule has 3 N–H and O–H groups in total. The van der Waals surface area contributed by atoms with E-state index < -0.39 is 6.04 Å². The number of anilines is 1. The summed E-state index contributed by atoms with van der Waals surface area (Å²) >= 11 is 6.31. The van der Waals surface area contributed by atoms with Gasteiger partial charge in [0.25, 0.3) is 5.91 Å². The minimum atomic E-state index is -0.738. The summed E-state index contributed by atoms with van der Waals surface area (Å²) in [6.07, 6.45) is 0.369. The quantitative estimate of drug-likeness (QED) is 0.391. The summed E-state index contributed by atoms with van der Waals surface area (Å²) < 4.78 is 5.15. The van der Waals surface area contributed by atoms with E-state index in [0.717, 1.165) is 22.6 Å². The molecule has 33 heavy (non-hydrogen) atoms. The molecule has 172 valence electrons. The van der Waals surface area contributed by atoms with Crippen LogP contribution in [0.2, 0.25) is 5.02 Å². The van der Waals surface area contributed by atoms with Crippen LogP contribution in [0.15, 0.2) is 72.8 Å². The van der Waals surface area contributed by atoms with Crippen LogP contribution in [0.1, 0.15) is 21.5 Å². The lowest BCUT2D eigenvalue weighted by Gasteiger charge is -2.19. The van der Waals surface area contributed by atoms with Crippen molar-refractivity contribution in [2.45, 2.75) is 19.4 Å². The van der Waals surface area contributed by atoms with Crippen LogP contribution in [0, 0.1) is 6.92 Å². The molecule has 3 aromatic rings. The molecule has 0 saturated heterocycles. The Morgan fingerprint density at radius 3 is 2.36 bits per heavy atom. The molecule has 0 saturated carbocycles. The lowest BCUT2D eigenvalue weighted by atomic mass is 10.0. The van der Waals surface area contributed by atoms with Gasteiger partial charge in [-0.1, -0.05) is 54.1 Å². The number of methoxy groups -OCH3 is 1. The van der Waals surface area contributed by atoms with Gasteiger partial charge in [-0.3, -0.25) is 9.59 Å². The average Bonchev–Trinajstić information content (AvgIpc) is 2.84. The average molecular weight is 466 g/mol. The Hall–Kier alpha value is -3.51. The van der Waals surface area contributed by atoms with Gasteiger partial charge in [0, 0.05) is 25.2 Å². The Morgan fingerprint density at radius 2 is 1.67 bits per heavy atom. The third-order valence-electron chi connectivity index (χ3n) is 5.18. The Kier molecular flexibility index (Phi) is 8.72. The summed E-state index contributed by atoms with van der Waals surface area (Å²) in [5, 5.41) is 9.39. The number of benzene rings is 3. The van der Waals surface area contributed by atoms with Crippen LogP contribution in [-0.4, -0.2) is 38.1 Å². The fraction of sp³-hybridized carbons (Fsp3) is 0.231. The van der Waals surface area contributed by atoms with Gasteiger partial charge in [-0.15, -0.1) is 0 Å². The van der Waals surface area contributed by atoms with Crippen LogP contribution in [0.4, 0.5) is 5.69 Å². The first-order valence-corrected chi connectivity index (χ1v) is 11.1. The molecule has 0 aliphatic rings. The highest BCUT2D eigenvalue weighted by Gasteiger charge is 2.23. The number of aryl methyl sites for hydroxylation is 1. The molecule has 0 aliphatic heterocycles. The fourth-order valence-electron chi connectivity index (χ4n) is 3.34. The molecule has 0 aliphatic carbocycles. The smallest absolute Gasteiger partial charge is 0.253 e. The maximum atomic E-state index is 13.0. The predicted molar refractivity (Wildman–Crippen MR) is 132 cm³/mol. The zero-order valence-electron chi connectivity index (χ0n) is 18.7. The Morgan fingerprint density at radius 1 is 0.939 bits per heavy atom. The number of hydrogen-bond donors (Lipinski definition) is 3. The van der Waals surface area contributed by atoms with Crippen molar-refractivity contribution < 1.29 is 14.3 Å². The zero-order valence-corrected chi connectivity index (χ0v) is 19.5. The van der Waals surface area contributed by atoms with Crippen molar-refractivity contribution in [2.24, 2.45) is 0 Å². The minimum Gasteiger partial charge on any atom is -0.497 e. The van der Waals surface area contributed by atoms with E-state index >= 15 is 0 Å². The van der Waals surface area contributed by atoms with Gasteiger partial charge >= 0.3 is 0 Å². The van der Waals surface area contributed by atoms with Crippen molar-refractivity contribution in [3.63, 3.8) is 0 Å². The van der Waals surface area contributed by atoms with Gasteiger partial charge in [-0.25, -0.2) is 0 Å². The van der Waals surface area contributed by atoms with E-state index in [1.165, 1.54) is 0 Å². The van der Waals surface area contributed by atoms with E-state index in [1.54, 1.807) is 19.2 Å².